The molecular weight excluding hydrogens is 290 g/mol. The maximum absolute atomic E-state index is 11.1. The lowest BCUT2D eigenvalue weighted by molar-refractivity contribution is -0.142. The van der Waals surface area contributed by atoms with Crippen LogP contribution >= 0.6 is 11.6 Å². The largest absolute Gasteiger partial charge is 0.489 e. The minimum Gasteiger partial charge on any atom is -0.489 e. The van der Waals surface area contributed by atoms with Crippen molar-refractivity contribution in [1.29, 1.82) is 0 Å². The number of carboxylic acids is 1. The average molecular weight is 312 g/mol. The van der Waals surface area contributed by atoms with Gasteiger partial charge < -0.3 is 9.84 Å². The molecule has 21 heavy (non-hydrogen) atoms. The molecule has 2 atom stereocenters. The normalized spacial score (nSPS) is 22.7. The zero-order chi connectivity index (χ0) is 15.6. The Hall–Kier alpha value is -1.26. The summed E-state index contributed by atoms with van der Waals surface area (Å²) < 4.78 is 5.61. The van der Waals surface area contributed by atoms with Crippen LogP contribution in [0.25, 0.3) is 0 Å². The highest BCUT2D eigenvalue weighted by atomic mass is 35.5. The van der Waals surface area contributed by atoms with Gasteiger partial charge in [0, 0.05) is 19.6 Å². The average Bonchev–Trinajstić information content (AvgIpc) is 2.73. The maximum Gasteiger partial charge on any atom is 0.308 e. The summed E-state index contributed by atoms with van der Waals surface area (Å²) in [6, 6.07) is 5.77. The van der Waals surface area contributed by atoms with Gasteiger partial charge in [-0.2, -0.15) is 0 Å². The van der Waals surface area contributed by atoms with Crippen molar-refractivity contribution in [3.05, 3.63) is 28.8 Å². The molecule has 1 heterocycles. The highest BCUT2D eigenvalue weighted by Crippen LogP contribution is 2.29. The maximum atomic E-state index is 11.1. The molecule has 4 nitrogen and oxygen atoms in total. The summed E-state index contributed by atoms with van der Waals surface area (Å²) in [5, 5.41) is 9.77. The summed E-state index contributed by atoms with van der Waals surface area (Å²) in [6.45, 7) is 8.03. The van der Waals surface area contributed by atoms with E-state index in [0.717, 1.165) is 18.7 Å². The highest BCUT2D eigenvalue weighted by Gasteiger charge is 2.34. The van der Waals surface area contributed by atoms with Gasteiger partial charge in [0.15, 0.2) is 0 Å². The molecule has 0 spiro atoms. The van der Waals surface area contributed by atoms with Gasteiger partial charge in [-0.15, -0.1) is 0 Å². The molecule has 116 valence electrons. The molecular formula is C16H22ClNO3. The molecule has 0 bridgehead atoms. The van der Waals surface area contributed by atoms with E-state index in [0.29, 0.717) is 17.3 Å². The molecule has 0 unspecified atom stereocenters. The van der Waals surface area contributed by atoms with E-state index in [9.17, 15) is 4.79 Å². The fraction of sp³-hybridized carbons (Fsp3) is 0.562. The zero-order valence-electron chi connectivity index (χ0n) is 12.7. The summed E-state index contributed by atoms with van der Waals surface area (Å²) >= 11 is 6.23. The fourth-order valence-electron chi connectivity index (χ4n) is 2.77. The van der Waals surface area contributed by atoms with Gasteiger partial charge in [0.05, 0.1) is 17.0 Å². The van der Waals surface area contributed by atoms with Crippen LogP contribution in [0.2, 0.25) is 5.02 Å². The quantitative estimate of drug-likeness (QED) is 0.906. The standard InChI is InChI=1S/C16H22ClNO3/c1-10(2)21-15-5-4-12(6-14(15)17)8-18-7-11(3)13(9-18)16(19)20/h4-6,10-11,13H,7-9H2,1-3H3,(H,19,20)/t11-,13-/m1/s1. The first-order chi connectivity index (χ1) is 9.86. The Morgan fingerprint density at radius 2 is 2.19 bits per heavy atom. The van der Waals surface area contributed by atoms with E-state index in [2.05, 4.69) is 4.90 Å². The monoisotopic (exact) mass is 311 g/mol. The molecule has 1 fully saturated rings. The Bertz CT molecular complexity index is 518. The van der Waals surface area contributed by atoms with Crippen LogP contribution in [0.5, 0.6) is 5.75 Å². The summed E-state index contributed by atoms with van der Waals surface area (Å²) in [6.07, 6.45) is 0.0871. The molecule has 0 radical (unpaired) electrons. The van der Waals surface area contributed by atoms with Crippen LogP contribution in [0, 0.1) is 11.8 Å². The molecule has 1 aromatic carbocycles. The molecule has 1 N–H and O–H groups in total. The van der Waals surface area contributed by atoms with Gasteiger partial charge in [0.1, 0.15) is 5.75 Å². The smallest absolute Gasteiger partial charge is 0.308 e. The Morgan fingerprint density at radius 3 is 2.71 bits per heavy atom. The first-order valence-corrected chi connectivity index (χ1v) is 7.65. The van der Waals surface area contributed by atoms with Crippen LogP contribution in [0.3, 0.4) is 0 Å². The molecule has 0 amide bonds. The van der Waals surface area contributed by atoms with Crippen molar-refractivity contribution in [2.45, 2.75) is 33.4 Å². The molecule has 0 aromatic heterocycles. The van der Waals surface area contributed by atoms with Gasteiger partial charge in [0.2, 0.25) is 0 Å². The van der Waals surface area contributed by atoms with Gasteiger partial charge in [0.25, 0.3) is 0 Å². The minimum absolute atomic E-state index is 0.0871. The molecule has 0 aliphatic carbocycles. The number of rotatable bonds is 5. The number of halogens is 1. The van der Waals surface area contributed by atoms with Crippen molar-refractivity contribution < 1.29 is 14.6 Å². The molecule has 1 aliphatic rings. The first kappa shape index (κ1) is 16.1. The van der Waals surface area contributed by atoms with E-state index in [-0.39, 0.29) is 17.9 Å². The SMILES string of the molecule is CC(C)Oc1ccc(CN2C[C@@H](C)[C@H](C(=O)O)C2)cc1Cl. The van der Waals surface area contributed by atoms with Crippen molar-refractivity contribution in [2.75, 3.05) is 13.1 Å². The second-order valence-corrected chi connectivity index (χ2v) is 6.45. The number of benzene rings is 1. The second kappa shape index (κ2) is 6.67. The minimum atomic E-state index is -0.705. The molecule has 2 rings (SSSR count). The lowest BCUT2D eigenvalue weighted by Crippen LogP contribution is -2.23. The number of ether oxygens (including phenoxy) is 1. The molecule has 0 saturated carbocycles. The van der Waals surface area contributed by atoms with Crippen molar-refractivity contribution >= 4 is 17.6 Å². The van der Waals surface area contributed by atoms with Crippen molar-refractivity contribution in [2.24, 2.45) is 11.8 Å². The first-order valence-electron chi connectivity index (χ1n) is 7.27. The van der Waals surface area contributed by atoms with E-state index in [1.165, 1.54) is 0 Å². The van der Waals surface area contributed by atoms with E-state index >= 15 is 0 Å². The summed E-state index contributed by atoms with van der Waals surface area (Å²) in [5.74, 6) is -0.108. The number of carboxylic acid groups (broad SMARTS) is 1. The topological polar surface area (TPSA) is 49.8 Å². The lowest BCUT2D eigenvalue weighted by atomic mass is 9.99. The number of aliphatic carboxylic acids is 1. The van der Waals surface area contributed by atoms with Gasteiger partial charge in [-0.25, -0.2) is 0 Å². The Labute approximate surface area is 130 Å². The summed E-state index contributed by atoms with van der Waals surface area (Å²) in [7, 11) is 0. The van der Waals surface area contributed by atoms with Gasteiger partial charge in [-0.05, 0) is 37.5 Å². The van der Waals surface area contributed by atoms with E-state index in [1.807, 2.05) is 39.0 Å². The van der Waals surface area contributed by atoms with Crippen LogP contribution in [-0.2, 0) is 11.3 Å². The second-order valence-electron chi connectivity index (χ2n) is 6.05. The third kappa shape index (κ3) is 4.11. The molecule has 1 aromatic rings. The van der Waals surface area contributed by atoms with Gasteiger partial charge >= 0.3 is 5.97 Å². The Kier molecular flexibility index (Phi) is 5.12. The predicted molar refractivity (Wildman–Crippen MR) is 82.8 cm³/mol. The Morgan fingerprint density at radius 1 is 1.48 bits per heavy atom. The van der Waals surface area contributed by atoms with E-state index in [1.54, 1.807) is 0 Å². The van der Waals surface area contributed by atoms with Crippen molar-refractivity contribution in [3.63, 3.8) is 0 Å². The van der Waals surface area contributed by atoms with E-state index < -0.39 is 5.97 Å². The van der Waals surface area contributed by atoms with Crippen LogP contribution in [0.1, 0.15) is 26.3 Å². The van der Waals surface area contributed by atoms with Crippen LogP contribution in [0.15, 0.2) is 18.2 Å². The van der Waals surface area contributed by atoms with Crippen LogP contribution in [0.4, 0.5) is 0 Å². The van der Waals surface area contributed by atoms with Crippen LogP contribution < -0.4 is 4.74 Å². The lowest BCUT2D eigenvalue weighted by Gasteiger charge is -2.17. The fourth-order valence-corrected chi connectivity index (χ4v) is 3.02. The van der Waals surface area contributed by atoms with Gasteiger partial charge in [-0.3, -0.25) is 9.69 Å². The van der Waals surface area contributed by atoms with Crippen molar-refractivity contribution in [3.8, 4) is 5.75 Å². The molecule has 5 heteroatoms. The molecule has 1 saturated heterocycles. The number of carbonyl (C=O) groups is 1. The van der Waals surface area contributed by atoms with Crippen LogP contribution in [-0.4, -0.2) is 35.2 Å². The van der Waals surface area contributed by atoms with Crippen molar-refractivity contribution in [1.82, 2.24) is 4.90 Å². The predicted octanol–water partition coefficient (Wildman–Crippen LogP) is 3.28. The number of hydrogen-bond acceptors (Lipinski definition) is 3. The third-order valence-corrected chi connectivity index (χ3v) is 4.07. The highest BCUT2D eigenvalue weighted by molar-refractivity contribution is 6.32. The number of nitrogens with zero attached hydrogens (tertiary/aromatic N) is 1. The molecule has 1 aliphatic heterocycles. The zero-order valence-corrected chi connectivity index (χ0v) is 13.4. The summed E-state index contributed by atoms with van der Waals surface area (Å²) in [4.78, 5) is 13.3. The van der Waals surface area contributed by atoms with E-state index in [4.69, 9.17) is 21.4 Å². The number of likely N-dealkylation sites (tertiary alicyclic amines) is 1. The Balaban J connectivity index is 2.01. The third-order valence-electron chi connectivity index (χ3n) is 3.77. The van der Waals surface area contributed by atoms with Gasteiger partial charge in [-0.1, -0.05) is 24.6 Å². The number of hydrogen-bond donors (Lipinski definition) is 1. The summed E-state index contributed by atoms with van der Waals surface area (Å²) in [5.41, 5.74) is 1.08.